The Bertz CT molecular complexity index is 1370. The van der Waals surface area contributed by atoms with Gasteiger partial charge < -0.3 is 43.7 Å². The van der Waals surface area contributed by atoms with Crippen LogP contribution >= 0.6 is 0 Å². The highest BCUT2D eigenvalue weighted by Gasteiger charge is 2.49. The normalized spacial score (nSPS) is 27.1. The van der Waals surface area contributed by atoms with E-state index in [9.17, 15) is 15.3 Å². The Morgan fingerprint density at radius 1 is 0.692 bits per heavy atom. The molecule has 6 unspecified atom stereocenters. The lowest BCUT2D eigenvalue weighted by atomic mass is 9.83. The molecule has 206 valence electrons. The summed E-state index contributed by atoms with van der Waals surface area (Å²) in [5.74, 6) is 1.92. The fourth-order valence-corrected chi connectivity index (χ4v) is 6.21. The van der Waals surface area contributed by atoms with Gasteiger partial charge in [0.25, 0.3) is 0 Å². The van der Waals surface area contributed by atoms with Crippen molar-refractivity contribution in [3.05, 3.63) is 70.8 Å². The Hall–Kier alpha value is -3.66. The second kappa shape index (κ2) is 10.1. The van der Waals surface area contributed by atoms with Crippen LogP contribution in [0.3, 0.4) is 0 Å². The lowest BCUT2D eigenvalue weighted by Crippen LogP contribution is -2.15. The number of hydrogen-bond acceptors (Lipinski definition) is 9. The standard InChI is InChI=1S/C30H32O9/c1-34-24-9-15(4-6-22(24)32)27-20-13-38-28(21(20)14-37-27)17-8-18-19(12-31)29(39-30(18)26(11-17)36-3)16-5-7-23(33)25(10-16)35-2/h4-11,19-21,27-29,31-33H,12-14H2,1-3H3. The topological polar surface area (TPSA) is 116 Å². The van der Waals surface area contributed by atoms with Crippen molar-refractivity contribution >= 4 is 0 Å². The van der Waals surface area contributed by atoms with Gasteiger partial charge in [0.05, 0.1) is 59.3 Å². The van der Waals surface area contributed by atoms with Gasteiger partial charge in [-0.05, 0) is 53.1 Å². The number of fused-ring (bicyclic) bond motifs is 2. The molecule has 0 amide bonds. The van der Waals surface area contributed by atoms with Crippen LogP contribution in [0.1, 0.15) is 46.5 Å². The molecule has 0 bridgehead atoms. The number of phenolic OH excluding ortho intramolecular Hbond substituents is 2. The fourth-order valence-electron chi connectivity index (χ4n) is 6.21. The summed E-state index contributed by atoms with van der Waals surface area (Å²) in [6.45, 7) is 0.913. The van der Waals surface area contributed by atoms with Crippen LogP contribution in [0.25, 0.3) is 0 Å². The molecule has 9 nitrogen and oxygen atoms in total. The van der Waals surface area contributed by atoms with Crippen LogP contribution in [0.2, 0.25) is 0 Å². The van der Waals surface area contributed by atoms with E-state index in [1.807, 2.05) is 24.3 Å². The molecule has 3 aliphatic heterocycles. The van der Waals surface area contributed by atoms with Crippen LogP contribution in [0.5, 0.6) is 34.5 Å². The van der Waals surface area contributed by atoms with Crippen molar-refractivity contribution in [1.29, 1.82) is 0 Å². The molecule has 9 heteroatoms. The number of benzene rings is 3. The summed E-state index contributed by atoms with van der Waals surface area (Å²) in [5, 5.41) is 30.5. The second-order valence-electron chi connectivity index (χ2n) is 10.2. The first kappa shape index (κ1) is 25.6. The molecule has 2 saturated heterocycles. The minimum atomic E-state index is -0.482. The van der Waals surface area contributed by atoms with E-state index in [4.69, 9.17) is 28.4 Å². The van der Waals surface area contributed by atoms with E-state index in [0.717, 1.165) is 22.3 Å². The summed E-state index contributed by atoms with van der Waals surface area (Å²) in [5.41, 5.74) is 3.50. The van der Waals surface area contributed by atoms with Crippen LogP contribution in [0.15, 0.2) is 48.5 Å². The summed E-state index contributed by atoms with van der Waals surface area (Å²) in [6.07, 6.45) is -0.872. The molecule has 6 rings (SSSR count). The Balaban J connectivity index is 1.30. The fraction of sp³-hybridized carbons (Fsp3) is 0.400. The first-order valence-electron chi connectivity index (χ1n) is 12.9. The van der Waals surface area contributed by atoms with Crippen LogP contribution in [0, 0.1) is 11.8 Å². The van der Waals surface area contributed by atoms with E-state index < -0.39 is 6.10 Å². The number of methoxy groups -OCH3 is 3. The molecule has 39 heavy (non-hydrogen) atoms. The minimum Gasteiger partial charge on any atom is -0.504 e. The zero-order valence-corrected chi connectivity index (χ0v) is 22.0. The zero-order valence-electron chi connectivity index (χ0n) is 22.0. The van der Waals surface area contributed by atoms with Gasteiger partial charge in [-0.15, -0.1) is 0 Å². The molecule has 6 atom stereocenters. The van der Waals surface area contributed by atoms with Gasteiger partial charge in [-0.3, -0.25) is 0 Å². The van der Waals surface area contributed by atoms with Gasteiger partial charge in [0.2, 0.25) is 0 Å². The van der Waals surface area contributed by atoms with Gasteiger partial charge in [-0.1, -0.05) is 12.1 Å². The zero-order chi connectivity index (χ0) is 27.3. The molecular formula is C30H32O9. The number of ether oxygens (including phenoxy) is 6. The molecule has 0 radical (unpaired) electrons. The molecule has 0 saturated carbocycles. The monoisotopic (exact) mass is 536 g/mol. The lowest BCUT2D eigenvalue weighted by Gasteiger charge is -2.19. The van der Waals surface area contributed by atoms with Gasteiger partial charge in [0, 0.05) is 17.4 Å². The highest BCUT2D eigenvalue weighted by molar-refractivity contribution is 5.56. The summed E-state index contributed by atoms with van der Waals surface area (Å²) in [7, 11) is 4.62. The SMILES string of the molecule is COc1cc(C2Oc3c(OC)cc(C4OCC5C(c6ccc(O)c(OC)c6)OCC45)cc3C2CO)ccc1O. The number of aliphatic hydroxyl groups excluding tert-OH is 1. The first-order chi connectivity index (χ1) is 19.0. The van der Waals surface area contributed by atoms with Crippen LogP contribution in [-0.2, 0) is 9.47 Å². The van der Waals surface area contributed by atoms with Gasteiger partial charge in [0.1, 0.15) is 6.10 Å². The Labute approximate surface area is 226 Å². The van der Waals surface area contributed by atoms with E-state index in [0.29, 0.717) is 36.2 Å². The van der Waals surface area contributed by atoms with Gasteiger partial charge in [-0.25, -0.2) is 0 Å². The highest BCUT2D eigenvalue weighted by atomic mass is 16.5. The van der Waals surface area contributed by atoms with E-state index in [2.05, 4.69) is 0 Å². The molecule has 0 spiro atoms. The number of rotatable bonds is 7. The molecule has 0 aromatic heterocycles. The predicted octanol–water partition coefficient (Wildman–Crippen LogP) is 4.41. The number of phenols is 2. The molecule has 2 fully saturated rings. The van der Waals surface area contributed by atoms with Crippen LogP contribution in [-0.4, -0.2) is 56.5 Å². The maximum atomic E-state index is 10.4. The van der Waals surface area contributed by atoms with Crippen molar-refractivity contribution in [2.75, 3.05) is 41.2 Å². The van der Waals surface area contributed by atoms with Crippen LogP contribution in [0.4, 0.5) is 0 Å². The third kappa shape index (κ3) is 4.21. The molecule has 3 aromatic carbocycles. The molecule has 0 aliphatic carbocycles. The quantitative estimate of drug-likeness (QED) is 0.404. The van der Waals surface area contributed by atoms with Crippen molar-refractivity contribution < 1.29 is 43.7 Å². The molecule has 3 N–H and O–H groups in total. The first-order valence-corrected chi connectivity index (χ1v) is 12.9. The minimum absolute atomic E-state index is 0.0351. The smallest absolute Gasteiger partial charge is 0.165 e. The number of aliphatic hydroxyl groups is 1. The van der Waals surface area contributed by atoms with Crippen molar-refractivity contribution in [2.45, 2.75) is 24.2 Å². The highest BCUT2D eigenvalue weighted by Crippen LogP contribution is 2.55. The van der Waals surface area contributed by atoms with E-state index in [-0.39, 0.29) is 48.1 Å². The predicted molar refractivity (Wildman–Crippen MR) is 140 cm³/mol. The van der Waals surface area contributed by atoms with Crippen molar-refractivity contribution in [2.24, 2.45) is 11.8 Å². The average Bonchev–Trinajstić information content (AvgIpc) is 3.66. The summed E-state index contributed by atoms with van der Waals surface area (Å²) in [4.78, 5) is 0. The van der Waals surface area contributed by atoms with Crippen LogP contribution < -0.4 is 18.9 Å². The van der Waals surface area contributed by atoms with Gasteiger partial charge >= 0.3 is 0 Å². The maximum absolute atomic E-state index is 10.4. The van der Waals surface area contributed by atoms with Crippen molar-refractivity contribution in [3.8, 4) is 34.5 Å². The summed E-state index contributed by atoms with van der Waals surface area (Å²) in [6, 6.07) is 14.3. The molecule has 3 aliphatic rings. The number of aromatic hydroxyl groups is 2. The van der Waals surface area contributed by atoms with Crippen molar-refractivity contribution in [1.82, 2.24) is 0 Å². The Morgan fingerprint density at radius 3 is 1.74 bits per heavy atom. The molecule has 3 heterocycles. The Morgan fingerprint density at radius 2 is 1.21 bits per heavy atom. The average molecular weight is 537 g/mol. The van der Waals surface area contributed by atoms with E-state index in [1.165, 1.54) is 14.2 Å². The Kier molecular flexibility index (Phi) is 6.66. The summed E-state index contributed by atoms with van der Waals surface area (Å²) >= 11 is 0. The van der Waals surface area contributed by atoms with Gasteiger partial charge in [0.15, 0.2) is 34.5 Å². The molecular weight excluding hydrogens is 504 g/mol. The third-order valence-corrected chi connectivity index (χ3v) is 8.19. The van der Waals surface area contributed by atoms with Crippen molar-refractivity contribution in [3.63, 3.8) is 0 Å². The maximum Gasteiger partial charge on any atom is 0.165 e. The lowest BCUT2D eigenvalue weighted by molar-refractivity contribution is 0.0191. The largest absolute Gasteiger partial charge is 0.504 e. The van der Waals surface area contributed by atoms with Gasteiger partial charge in [-0.2, -0.15) is 0 Å². The van der Waals surface area contributed by atoms with E-state index in [1.54, 1.807) is 31.4 Å². The third-order valence-electron chi connectivity index (χ3n) is 8.19. The molecule has 3 aromatic rings. The van der Waals surface area contributed by atoms with E-state index >= 15 is 0 Å². The summed E-state index contributed by atoms with van der Waals surface area (Å²) < 4.78 is 35.3. The second-order valence-corrected chi connectivity index (χ2v) is 10.2. The number of hydrogen-bond donors (Lipinski definition) is 3.